The zero-order valence-corrected chi connectivity index (χ0v) is 20.1. The van der Waals surface area contributed by atoms with Crippen molar-refractivity contribution in [2.75, 3.05) is 32.9 Å². The Bertz CT molecular complexity index is 987. The fourth-order valence-electron chi connectivity index (χ4n) is 3.81. The molecule has 0 bridgehead atoms. The molecule has 0 aliphatic carbocycles. The SMILES string of the molecule is CCOC(=O)N1CCC(Oc2ncnc(Oc3ccc(CC4COS(=O)OC4)cc3)c2C)CC1. The third-order valence-corrected chi connectivity index (χ3v) is 6.36. The molecule has 0 N–H and O–H groups in total. The maximum Gasteiger partial charge on any atom is 0.409 e. The summed E-state index contributed by atoms with van der Waals surface area (Å²) < 4.78 is 38.4. The van der Waals surface area contributed by atoms with Gasteiger partial charge in [0.15, 0.2) is 0 Å². The third kappa shape index (κ3) is 6.43. The molecule has 0 unspecified atom stereocenters. The first-order chi connectivity index (χ1) is 16.5. The zero-order chi connectivity index (χ0) is 23.9. The Morgan fingerprint density at radius 3 is 2.47 bits per heavy atom. The first-order valence-corrected chi connectivity index (χ1v) is 12.4. The minimum Gasteiger partial charge on any atom is -0.474 e. The van der Waals surface area contributed by atoms with Gasteiger partial charge in [-0.1, -0.05) is 12.1 Å². The number of ether oxygens (including phenoxy) is 3. The summed E-state index contributed by atoms with van der Waals surface area (Å²) in [5, 5.41) is 0. The van der Waals surface area contributed by atoms with Crippen LogP contribution in [0.1, 0.15) is 30.9 Å². The number of carbonyl (C=O) groups excluding carboxylic acids is 1. The van der Waals surface area contributed by atoms with Crippen molar-refractivity contribution in [2.24, 2.45) is 5.92 Å². The van der Waals surface area contributed by atoms with Gasteiger partial charge in [-0.3, -0.25) is 8.37 Å². The van der Waals surface area contributed by atoms with Crippen LogP contribution in [0.3, 0.4) is 0 Å². The van der Waals surface area contributed by atoms with Gasteiger partial charge in [0.2, 0.25) is 11.8 Å². The molecule has 2 aromatic rings. The van der Waals surface area contributed by atoms with E-state index in [9.17, 15) is 9.00 Å². The average Bonchev–Trinajstić information content (AvgIpc) is 2.85. The molecular weight excluding hydrogens is 462 g/mol. The normalized spacial score (nSPS) is 21.2. The number of hydrogen-bond acceptors (Lipinski definition) is 9. The Morgan fingerprint density at radius 2 is 1.79 bits per heavy atom. The summed E-state index contributed by atoms with van der Waals surface area (Å²) in [4.78, 5) is 22.1. The molecule has 10 nitrogen and oxygen atoms in total. The lowest BCUT2D eigenvalue weighted by Crippen LogP contribution is -2.42. The number of nitrogens with zero attached hydrogens (tertiary/aromatic N) is 3. The highest BCUT2D eigenvalue weighted by Gasteiger charge is 2.26. The fraction of sp³-hybridized carbons (Fsp3) is 0.522. The monoisotopic (exact) mass is 491 g/mol. The molecule has 2 aliphatic heterocycles. The molecule has 1 aromatic heterocycles. The van der Waals surface area contributed by atoms with Crippen LogP contribution in [0.2, 0.25) is 0 Å². The van der Waals surface area contributed by atoms with Crippen molar-refractivity contribution in [3.63, 3.8) is 0 Å². The van der Waals surface area contributed by atoms with Gasteiger partial charge in [-0.05, 0) is 38.0 Å². The highest BCUT2D eigenvalue weighted by molar-refractivity contribution is 7.75. The minimum atomic E-state index is -1.62. The van der Waals surface area contributed by atoms with E-state index in [4.69, 9.17) is 22.6 Å². The number of amides is 1. The van der Waals surface area contributed by atoms with E-state index in [1.807, 2.05) is 31.2 Å². The molecule has 1 aromatic carbocycles. The molecular formula is C23H29N3O7S. The number of piperidine rings is 1. The molecule has 184 valence electrons. The van der Waals surface area contributed by atoms with E-state index >= 15 is 0 Å². The Morgan fingerprint density at radius 1 is 1.12 bits per heavy atom. The summed E-state index contributed by atoms with van der Waals surface area (Å²) in [6.07, 6.45) is 3.26. The maximum absolute atomic E-state index is 11.9. The largest absolute Gasteiger partial charge is 0.474 e. The summed E-state index contributed by atoms with van der Waals surface area (Å²) in [5.74, 6) is 1.72. The Balaban J connectivity index is 1.31. The van der Waals surface area contributed by atoms with Crippen LogP contribution in [0.4, 0.5) is 4.79 Å². The highest BCUT2D eigenvalue weighted by atomic mass is 32.2. The number of carbonyl (C=O) groups is 1. The third-order valence-electron chi connectivity index (χ3n) is 5.70. The standard InChI is InChI=1S/C23H29N3O7S/c1-3-29-23(27)26-10-8-20(9-11-26)33-22-16(2)21(24-15-25-22)32-19-6-4-17(5-7-19)12-18-13-30-34(28)31-14-18/h4-7,15,18,20H,3,8-14H2,1-2H3. The zero-order valence-electron chi connectivity index (χ0n) is 19.3. The van der Waals surface area contributed by atoms with E-state index in [0.717, 1.165) is 12.0 Å². The molecule has 2 fully saturated rings. The lowest BCUT2D eigenvalue weighted by molar-refractivity contribution is 0.0684. The van der Waals surface area contributed by atoms with Crippen molar-refractivity contribution in [3.8, 4) is 17.5 Å². The van der Waals surface area contributed by atoms with Crippen molar-refractivity contribution >= 4 is 17.5 Å². The molecule has 2 aliphatic rings. The molecule has 0 saturated carbocycles. The van der Waals surface area contributed by atoms with E-state index in [1.165, 1.54) is 6.33 Å². The summed E-state index contributed by atoms with van der Waals surface area (Å²) in [6, 6.07) is 7.72. The smallest absolute Gasteiger partial charge is 0.409 e. The molecule has 1 amide bonds. The van der Waals surface area contributed by atoms with Crippen LogP contribution in [0, 0.1) is 12.8 Å². The quantitative estimate of drug-likeness (QED) is 0.576. The van der Waals surface area contributed by atoms with Gasteiger partial charge in [0.25, 0.3) is 0 Å². The lowest BCUT2D eigenvalue weighted by atomic mass is 10.0. The number of aromatic nitrogens is 2. The van der Waals surface area contributed by atoms with E-state index in [0.29, 0.717) is 68.8 Å². The minimum absolute atomic E-state index is 0.0448. The van der Waals surface area contributed by atoms with E-state index in [-0.39, 0.29) is 18.1 Å². The van der Waals surface area contributed by atoms with Gasteiger partial charge in [-0.25, -0.2) is 14.8 Å². The molecule has 2 saturated heterocycles. The van der Waals surface area contributed by atoms with Crippen LogP contribution in [0.5, 0.6) is 17.5 Å². The second kappa shape index (κ2) is 11.6. The summed E-state index contributed by atoms with van der Waals surface area (Å²) >= 11 is -1.62. The van der Waals surface area contributed by atoms with Crippen LogP contribution >= 0.6 is 0 Å². The first kappa shape index (κ1) is 24.4. The number of rotatable bonds is 7. The van der Waals surface area contributed by atoms with Gasteiger partial charge in [-0.2, -0.15) is 4.21 Å². The van der Waals surface area contributed by atoms with Crippen molar-refractivity contribution in [3.05, 3.63) is 41.7 Å². The first-order valence-electron chi connectivity index (χ1n) is 11.4. The predicted molar refractivity (Wildman–Crippen MR) is 123 cm³/mol. The van der Waals surface area contributed by atoms with Gasteiger partial charge in [-0.15, -0.1) is 0 Å². The van der Waals surface area contributed by atoms with E-state index in [1.54, 1.807) is 11.8 Å². The van der Waals surface area contributed by atoms with Crippen LogP contribution in [0.15, 0.2) is 30.6 Å². The second-order valence-corrected chi connectivity index (χ2v) is 9.08. The molecule has 34 heavy (non-hydrogen) atoms. The van der Waals surface area contributed by atoms with Gasteiger partial charge in [0, 0.05) is 31.8 Å². The average molecular weight is 492 g/mol. The van der Waals surface area contributed by atoms with Crippen molar-refractivity contribution < 1.29 is 31.6 Å². The van der Waals surface area contributed by atoms with Crippen molar-refractivity contribution in [2.45, 2.75) is 39.2 Å². The predicted octanol–water partition coefficient (Wildman–Crippen LogP) is 3.36. The topological polar surface area (TPSA) is 109 Å². The summed E-state index contributed by atoms with van der Waals surface area (Å²) in [5.41, 5.74) is 1.82. The van der Waals surface area contributed by atoms with Crippen LogP contribution < -0.4 is 9.47 Å². The van der Waals surface area contributed by atoms with Gasteiger partial charge >= 0.3 is 17.5 Å². The van der Waals surface area contributed by atoms with Gasteiger partial charge < -0.3 is 19.1 Å². The van der Waals surface area contributed by atoms with Crippen molar-refractivity contribution in [1.29, 1.82) is 0 Å². The fourth-order valence-corrected chi connectivity index (χ4v) is 4.49. The van der Waals surface area contributed by atoms with Crippen molar-refractivity contribution in [1.82, 2.24) is 14.9 Å². The van der Waals surface area contributed by atoms with Crippen LogP contribution in [-0.4, -0.2) is 64.2 Å². The number of benzene rings is 1. The van der Waals surface area contributed by atoms with Gasteiger partial charge in [0.1, 0.15) is 18.2 Å². The Kier molecular flexibility index (Phi) is 8.30. The summed E-state index contributed by atoms with van der Waals surface area (Å²) in [6.45, 7) is 6.02. The lowest BCUT2D eigenvalue weighted by Gasteiger charge is -2.31. The molecule has 0 radical (unpaired) electrons. The maximum atomic E-state index is 11.9. The summed E-state index contributed by atoms with van der Waals surface area (Å²) in [7, 11) is 0. The molecule has 0 atom stereocenters. The molecule has 3 heterocycles. The second-order valence-electron chi connectivity index (χ2n) is 8.20. The van der Waals surface area contributed by atoms with Crippen LogP contribution in [-0.2, 0) is 30.9 Å². The highest BCUT2D eigenvalue weighted by Crippen LogP contribution is 2.29. The molecule has 11 heteroatoms. The number of likely N-dealkylation sites (tertiary alicyclic amines) is 1. The Labute approximate surface area is 201 Å². The van der Waals surface area contributed by atoms with E-state index in [2.05, 4.69) is 9.97 Å². The number of hydrogen-bond donors (Lipinski definition) is 0. The van der Waals surface area contributed by atoms with Gasteiger partial charge in [0.05, 0.1) is 25.4 Å². The Hall–Kier alpha value is -2.76. The van der Waals surface area contributed by atoms with Crippen LogP contribution in [0.25, 0.3) is 0 Å². The molecule has 0 spiro atoms. The molecule has 4 rings (SSSR count). The van der Waals surface area contributed by atoms with E-state index < -0.39 is 11.4 Å².